The Kier molecular flexibility index (Phi) is 5.57. The van der Waals surface area contributed by atoms with Gasteiger partial charge in [-0.15, -0.1) is 0 Å². The Hall–Kier alpha value is -2.10. The van der Waals surface area contributed by atoms with Gasteiger partial charge < -0.3 is 9.30 Å². The molecule has 2 aromatic carbocycles. The van der Waals surface area contributed by atoms with Crippen molar-refractivity contribution in [1.82, 2.24) is 4.57 Å². The molecule has 1 aromatic heterocycles. The summed E-state index contributed by atoms with van der Waals surface area (Å²) in [6, 6.07) is 13.9. The van der Waals surface area contributed by atoms with Crippen LogP contribution in [0.15, 0.2) is 48.7 Å². The van der Waals surface area contributed by atoms with E-state index in [-0.39, 0.29) is 5.78 Å². The third kappa shape index (κ3) is 3.78. The Balaban J connectivity index is 1.89. The molecule has 25 heavy (non-hydrogen) atoms. The second-order valence-electron chi connectivity index (χ2n) is 6.21. The summed E-state index contributed by atoms with van der Waals surface area (Å²) in [5.41, 5.74) is 4.11. The molecule has 0 saturated carbocycles. The number of fused-ring (bicyclic) bond motifs is 1. The largest absolute Gasteiger partial charge is 0.383 e. The summed E-state index contributed by atoms with van der Waals surface area (Å²) < 4.78 is 7.22. The molecule has 3 nitrogen and oxygen atoms in total. The lowest BCUT2D eigenvalue weighted by Gasteiger charge is -2.05. The Bertz CT molecular complexity index is 898. The first-order valence-corrected chi connectivity index (χ1v) is 8.83. The minimum atomic E-state index is 0.123. The number of Topliss-reactive ketones (excluding diaryl/α,β-unsaturated/α-hetero) is 1. The molecule has 0 amide bonds. The van der Waals surface area contributed by atoms with Crippen LogP contribution in [-0.2, 0) is 17.7 Å². The number of nitrogens with zero attached hydrogens (tertiary/aromatic N) is 1. The van der Waals surface area contributed by atoms with Crippen LogP contribution in [0.25, 0.3) is 10.9 Å². The predicted molar refractivity (Wildman–Crippen MR) is 103 cm³/mol. The molecule has 0 aliphatic heterocycles. The zero-order valence-electron chi connectivity index (χ0n) is 14.6. The topological polar surface area (TPSA) is 31.2 Å². The van der Waals surface area contributed by atoms with Crippen molar-refractivity contribution in [2.75, 3.05) is 13.7 Å². The van der Waals surface area contributed by atoms with Gasteiger partial charge in [0.15, 0.2) is 5.78 Å². The van der Waals surface area contributed by atoms with Crippen LogP contribution < -0.4 is 0 Å². The van der Waals surface area contributed by atoms with E-state index in [0.717, 1.165) is 17.3 Å². The zero-order chi connectivity index (χ0) is 17.8. The van der Waals surface area contributed by atoms with E-state index in [1.165, 1.54) is 11.1 Å². The predicted octanol–water partition coefficient (Wildman–Crippen LogP) is 5.07. The summed E-state index contributed by atoms with van der Waals surface area (Å²) in [4.78, 5) is 12.9. The van der Waals surface area contributed by atoms with Gasteiger partial charge >= 0.3 is 0 Å². The highest BCUT2D eigenvalue weighted by Gasteiger charge is 2.17. The molecular formula is C21H22ClNO2. The van der Waals surface area contributed by atoms with E-state index in [2.05, 4.69) is 19.1 Å². The van der Waals surface area contributed by atoms with E-state index >= 15 is 0 Å². The van der Waals surface area contributed by atoms with Gasteiger partial charge in [0.25, 0.3) is 0 Å². The van der Waals surface area contributed by atoms with Crippen LogP contribution in [-0.4, -0.2) is 24.1 Å². The third-order valence-corrected chi connectivity index (χ3v) is 4.89. The smallest absolute Gasteiger partial charge is 0.165 e. The van der Waals surface area contributed by atoms with Gasteiger partial charge in [-0.1, -0.05) is 41.9 Å². The zero-order valence-corrected chi connectivity index (χ0v) is 15.3. The highest BCUT2D eigenvalue weighted by Crippen LogP contribution is 2.30. The fourth-order valence-corrected chi connectivity index (χ4v) is 3.44. The molecule has 1 heterocycles. The maximum Gasteiger partial charge on any atom is 0.165 e. The molecule has 0 saturated heterocycles. The lowest BCUT2D eigenvalue weighted by atomic mass is 9.99. The van der Waals surface area contributed by atoms with Crippen molar-refractivity contribution in [3.8, 4) is 0 Å². The van der Waals surface area contributed by atoms with Crippen LogP contribution in [0.4, 0.5) is 0 Å². The SMILES string of the molecule is COCCn1cc(C(=O)CCc2ccccc2C)c2c(Cl)cccc21. The van der Waals surface area contributed by atoms with Crippen LogP contribution in [0.5, 0.6) is 0 Å². The molecule has 0 fully saturated rings. The maximum absolute atomic E-state index is 12.9. The van der Waals surface area contributed by atoms with E-state index < -0.39 is 0 Å². The minimum Gasteiger partial charge on any atom is -0.383 e. The number of halogens is 1. The number of hydrogen-bond donors (Lipinski definition) is 0. The summed E-state index contributed by atoms with van der Waals surface area (Å²) >= 11 is 6.40. The van der Waals surface area contributed by atoms with Crippen LogP contribution in [0.2, 0.25) is 5.02 Å². The molecule has 0 aliphatic carbocycles. The summed E-state index contributed by atoms with van der Waals surface area (Å²) in [5.74, 6) is 0.123. The van der Waals surface area contributed by atoms with Gasteiger partial charge in [0.1, 0.15) is 0 Å². The van der Waals surface area contributed by atoms with Crippen molar-refractivity contribution >= 4 is 28.3 Å². The van der Waals surface area contributed by atoms with Crippen LogP contribution in [0, 0.1) is 6.92 Å². The second kappa shape index (κ2) is 7.85. The molecule has 3 rings (SSSR count). The van der Waals surface area contributed by atoms with Crippen molar-refractivity contribution in [1.29, 1.82) is 0 Å². The molecule has 0 N–H and O–H groups in total. The molecule has 3 aromatic rings. The molecule has 4 heteroatoms. The molecule has 0 bridgehead atoms. The van der Waals surface area contributed by atoms with Crippen LogP contribution >= 0.6 is 11.6 Å². The van der Waals surface area contributed by atoms with E-state index in [1.807, 2.05) is 41.1 Å². The average molecular weight is 356 g/mol. The number of benzene rings is 2. The summed E-state index contributed by atoms with van der Waals surface area (Å²) in [7, 11) is 1.67. The van der Waals surface area contributed by atoms with Crippen molar-refractivity contribution in [3.63, 3.8) is 0 Å². The number of methoxy groups -OCH3 is 1. The quantitative estimate of drug-likeness (QED) is 0.554. The monoisotopic (exact) mass is 355 g/mol. The van der Waals surface area contributed by atoms with Gasteiger partial charge in [-0.3, -0.25) is 4.79 Å². The highest BCUT2D eigenvalue weighted by atomic mass is 35.5. The van der Waals surface area contributed by atoms with Crippen LogP contribution in [0.3, 0.4) is 0 Å². The summed E-state index contributed by atoms with van der Waals surface area (Å²) in [6.45, 7) is 3.36. The highest BCUT2D eigenvalue weighted by molar-refractivity contribution is 6.37. The summed E-state index contributed by atoms with van der Waals surface area (Å²) in [5, 5.41) is 1.46. The minimum absolute atomic E-state index is 0.123. The molecule has 0 unspecified atom stereocenters. The van der Waals surface area contributed by atoms with E-state index in [9.17, 15) is 4.79 Å². The van der Waals surface area contributed by atoms with E-state index in [1.54, 1.807) is 7.11 Å². The molecule has 0 aliphatic rings. The second-order valence-corrected chi connectivity index (χ2v) is 6.62. The fraction of sp³-hybridized carbons (Fsp3) is 0.286. The number of rotatable bonds is 7. The van der Waals surface area contributed by atoms with E-state index in [4.69, 9.17) is 16.3 Å². The van der Waals surface area contributed by atoms with Gasteiger partial charge in [-0.05, 0) is 36.6 Å². The molecular weight excluding hydrogens is 334 g/mol. The van der Waals surface area contributed by atoms with Gasteiger partial charge in [0, 0.05) is 37.2 Å². The Morgan fingerprint density at radius 1 is 1.16 bits per heavy atom. The Labute approximate surface area is 153 Å². The number of carbonyl (C=O) groups excluding carboxylic acids is 1. The van der Waals surface area contributed by atoms with Crippen molar-refractivity contribution < 1.29 is 9.53 Å². The first kappa shape index (κ1) is 17.7. The number of aromatic nitrogens is 1. The first-order chi connectivity index (χ1) is 12.1. The number of carbonyl (C=O) groups is 1. The number of hydrogen-bond acceptors (Lipinski definition) is 2. The van der Waals surface area contributed by atoms with Gasteiger partial charge in [0.2, 0.25) is 0 Å². The Morgan fingerprint density at radius 3 is 2.72 bits per heavy atom. The van der Waals surface area contributed by atoms with Gasteiger partial charge in [0.05, 0.1) is 17.1 Å². The standard InChI is InChI=1S/C21H22ClNO2/c1-15-6-3-4-7-16(15)10-11-20(24)17-14-23(12-13-25-2)19-9-5-8-18(22)21(17)19/h3-9,14H,10-13H2,1-2H3. The lowest BCUT2D eigenvalue weighted by Crippen LogP contribution is -2.04. The molecule has 0 spiro atoms. The number of ether oxygens (including phenoxy) is 1. The van der Waals surface area contributed by atoms with Crippen LogP contribution in [0.1, 0.15) is 27.9 Å². The Morgan fingerprint density at radius 2 is 1.96 bits per heavy atom. The number of aryl methyl sites for hydroxylation is 2. The van der Waals surface area contributed by atoms with Crippen molar-refractivity contribution in [2.45, 2.75) is 26.3 Å². The third-order valence-electron chi connectivity index (χ3n) is 4.57. The van der Waals surface area contributed by atoms with Crippen molar-refractivity contribution in [3.05, 3.63) is 70.4 Å². The fourth-order valence-electron chi connectivity index (χ4n) is 3.17. The van der Waals surface area contributed by atoms with Gasteiger partial charge in [-0.2, -0.15) is 0 Å². The van der Waals surface area contributed by atoms with E-state index in [0.29, 0.717) is 30.2 Å². The first-order valence-electron chi connectivity index (χ1n) is 8.46. The lowest BCUT2D eigenvalue weighted by molar-refractivity contribution is 0.0984. The molecule has 0 atom stereocenters. The normalized spacial score (nSPS) is 11.2. The maximum atomic E-state index is 12.9. The van der Waals surface area contributed by atoms with Crippen molar-refractivity contribution in [2.24, 2.45) is 0 Å². The average Bonchev–Trinajstić information content (AvgIpc) is 2.99. The van der Waals surface area contributed by atoms with Gasteiger partial charge in [-0.25, -0.2) is 0 Å². The summed E-state index contributed by atoms with van der Waals surface area (Å²) in [6.07, 6.45) is 3.12. The molecule has 0 radical (unpaired) electrons. The number of ketones is 1. The molecule has 130 valence electrons.